The van der Waals surface area contributed by atoms with E-state index in [1.54, 1.807) is 0 Å². The van der Waals surface area contributed by atoms with E-state index in [-0.39, 0.29) is 0 Å². The molecule has 0 spiro atoms. The van der Waals surface area contributed by atoms with E-state index in [2.05, 4.69) is 55.3 Å². The van der Waals surface area contributed by atoms with Crippen LogP contribution in [-0.4, -0.2) is 26.2 Å². The molecule has 0 aromatic heterocycles. The highest BCUT2D eigenvalue weighted by Crippen LogP contribution is 2.20. The molecule has 0 amide bonds. The molecule has 1 atom stereocenters. The van der Waals surface area contributed by atoms with Crippen molar-refractivity contribution in [2.75, 3.05) is 25.0 Å². The smallest absolute Gasteiger partial charge is 0.0398 e. The minimum absolute atomic E-state index is 0.529. The standard InChI is InChI=1S/C13H22N2/c1-5-15(12(3)10-14-4)13-9-7-6-8-11(13)2/h6-9,12,14H,5,10H2,1-4H3. The Morgan fingerprint density at radius 3 is 2.53 bits per heavy atom. The van der Waals surface area contributed by atoms with Gasteiger partial charge in [-0.15, -0.1) is 0 Å². The quantitative estimate of drug-likeness (QED) is 0.796. The average molecular weight is 206 g/mol. The molecule has 1 unspecified atom stereocenters. The fourth-order valence-electron chi connectivity index (χ4n) is 2.01. The van der Waals surface area contributed by atoms with Crippen LogP contribution in [0.3, 0.4) is 0 Å². The van der Waals surface area contributed by atoms with Crippen molar-refractivity contribution in [3.63, 3.8) is 0 Å². The normalized spacial score (nSPS) is 12.5. The molecule has 2 heteroatoms. The van der Waals surface area contributed by atoms with Gasteiger partial charge in [0.25, 0.3) is 0 Å². The Balaban J connectivity index is 2.87. The third-order valence-electron chi connectivity index (χ3n) is 2.80. The van der Waals surface area contributed by atoms with Gasteiger partial charge in [0.05, 0.1) is 0 Å². The van der Waals surface area contributed by atoms with Crippen LogP contribution < -0.4 is 10.2 Å². The first-order valence-electron chi connectivity index (χ1n) is 5.67. The second-order valence-corrected chi connectivity index (χ2v) is 3.98. The van der Waals surface area contributed by atoms with Gasteiger partial charge in [-0.25, -0.2) is 0 Å². The molecular weight excluding hydrogens is 184 g/mol. The first-order valence-corrected chi connectivity index (χ1v) is 5.67. The highest BCUT2D eigenvalue weighted by atomic mass is 15.2. The summed E-state index contributed by atoms with van der Waals surface area (Å²) < 4.78 is 0. The van der Waals surface area contributed by atoms with E-state index in [4.69, 9.17) is 0 Å². The maximum atomic E-state index is 3.23. The van der Waals surface area contributed by atoms with E-state index < -0.39 is 0 Å². The summed E-state index contributed by atoms with van der Waals surface area (Å²) in [5.74, 6) is 0. The summed E-state index contributed by atoms with van der Waals surface area (Å²) in [6.07, 6.45) is 0. The largest absolute Gasteiger partial charge is 0.368 e. The monoisotopic (exact) mass is 206 g/mol. The first-order chi connectivity index (χ1) is 7.20. The summed E-state index contributed by atoms with van der Waals surface area (Å²) >= 11 is 0. The maximum absolute atomic E-state index is 3.23. The highest BCUT2D eigenvalue weighted by molar-refractivity contribution is 5.53. The molecule has 0 bridgehead atoms. The Hall–Kier alpha value is -1.02. The van der Waals surface area contributed by atoms with Gasteiger partial charge in [-0.05, 0) is 39.4 Å². The molecule has 0 aliphatic heterocycles. The van der Waals surface area contributed by atoms with E-state index in [0.29, 0.717) is 6.04 Å². The van der Waals surface area contributed by atoms with Gasteiger partial charge >= 0.3 is 0 Å². The van der Waals surface area contributed by atoms with Gasteiger partial charge in [0.1, 0.15) is 0 Å². The molecule has 15 heavy (non-hydrogen) atoms. The predicted molar refractivity (Wildman–Crippen MR) is 67.6 cm³/mol. The first kappa shape index (κ1) is 12.1. The zero-order valence-electron chi connectivity index (χ0n) is 10.2. The fraction of sp³-hybridized carbons (Fsp3) is 0.538. The van der Waals surface area contributed by atoms with E-state index in [9.17, 15) is 0 Å². The van der Waals surface area contributed by atoms with Crippen molar-refractivity contribution in [2.45, 2.75) is 26.8 Å². The minimum Gasteiger partial charge on any atom is -0.368 e. The van der Waals surface area contributed by atoms with Gasteiger partial charge in [-0.1, -0.05) is 18.2 Å². The number of aryl methyl sites for hydroxylation is 1. The Labute approximate surface area is 93.3 Å². The van der Waals surface area contributed by atoms with Crippen molar-refractivity contribution < 1.29 is 0 Å². The molecule has 0 saturated heterocycles. The summed E-state index contributed by atoms with van der Waals surface area (Å²) in [6.45, 7) is 8.70. The number of hydrogen-bond donors (Lipinski definition) is 1. The number of nitrogens with one attached hydrogen (secondary N) is 1. The molecule has 1 N–H and O–H groups in total. The molecule has 0 aliphatic carbocycles. The lowest BCUT2D eigenvalue weighted by molar-refractivity contribution is 0.604. The van der Waals surface area contributed by atoms with Crippen LogP contribution in [0.1, 0.15) is 19.4 Å². The summed E-state index contributed by atoms with van der Waals surface area (Å²) in [7, 11) is 2.00. The van der Waals surface area contributed by atoms with Crippen LogP contribution in [0.5, 0.6) is 0 Å². The average Bonchev–Trinajstić information content (AvgIpc) is 2.22. The topological polar surface area (TPSA) is 15.3 Å². The van der Waals surface area contributed by atoms with E-state index in [1.807, 2.05) is 7.05 Å². The lowest BCUT2D eigenvalue weighted by atomic mass is 10.1. The molecule has 2 nitrogen and oxygen atoms in total. The summed E-state index contributed by atoms with van der Waals surface area (Å²) in [5, 5.41) is 3.23. The Kier molecular flexibility index (Phi) is 4.63. The second-order valence-electron chi connectivity index (χ2n) is 3.98. The number of anilines is 1. The summed E-state index contributed by atoms with van der Waals surface area (Å²) in [5.41, 5.74) is 2.70. The van der Waals surface area contributed by atoms with E-state index >= 15 is 0 Å². The van der Waals surface area contributed by atoms with Crippen molar-refractivity contribution in [2.24, 2.45) is 0 Å². The number of benzene rings is 1. The number of hydrogen-bond acceptors (Lipinski definition) is 2. The van der Waals surface area contributed by atoms with Crippen molar-refractivity contribution in [3.05, 3.63) is 29.8 Å². The molecule has 0 heterocycles. The zero-order chi connectivity index (χ0) is 11.3. The Morgan fingerprint density at radius 1 is 1.33 bits per heavy atom. The third kappa shape index (κ3) is 2.96. The number of nitrogens with zero attached hydrogens (tertiary/aromatic N) is 1. The SMILES string of the molecule is CCN(c1ccccc1C)C(C)CNC. The van der Waals surface area contributed by atoms with Crippen molar-refractivity contribution >= 4 is 5.69 Å². The van der Waals surface area contributed by atoms with E-state index in [0.717, 1.165) is 13.1 Å². The lowest BCUT2D eigenvalue weighted by Crippen LogP contribution is -2.39. The van der Waals surface area contributed by atoms with Gasteiger partial charge in [0.2, 0.25) is 0 Å². The molecular formula is C13H22N2. The second kappa shape index (κ2) is 5.76. The summed E-state index contributed by atoms with van der Waals surface area (Å²) in [6, 6.07) is 9.10. The molecule has 0 saturated carbocycles. The number of rotatable bonds is 5. The molecule has 84 valence electrons. The maximum Gasteiger partial charge on any atom is 0.0398 e. The molecule has 1 aromatic carbocycles. The predicted octanol–water partition coefficient (Wildman–Crippen LogP) is 2.43. The van der Waals surface area contributed by atoms with Crippen LogP contribution in [0.15, 0.2) is 24.3 Å². The van der Waals surface area contributed by atoms with Crippen LogP contribution in [0.2, 0.25) is 0 Å². The van der Waals surface area contributed by atoms with Gasteiger partial charge in [0, 0.05) is 24.8 Å². The fourth-order valence-corrected chi connectivity index (χ4v) is 2.01. The Bertz CT molecular complexity index is 296. The molecule has 0 aliphatic rings. The van der Waals surface area contributed by atoms with Crippen molar-refractivity contribution in [1.29, 1.82) is 0 Å². The van der Waals surface area contributed by atoms with Gasteiger partial charge in [-0.2, -0.15) is 0 Å². The van der Waals surface area contributed by atoms with Crippen molar-refractivity contribution in [3.8, 4) is 0 Å². The van der Waals surface area contributed by atoms with Crippen LogP contribution in [-0.2, 0) is 0 Å². The highest BCUT2D eigenvalue weighted by Gasteiger charge is 2.12. The van der Waals surface area contributed by atoms with E-state index in [1.165, 1.54) is 11.3 Å². The minimum atomic E-state index is 0.529. The van der Waals surface area contributed by atoms with Gasteiger partial charge < -0.3 is 10.2 Å². The molecule has 1 rings (SSSR count). The van der Waals surface area contributed by atoms with Crippen molar-refractivity contribution in [1.82, 2.24) is 5.32 Å². The Morgan fingerprint density at radius 2 is 2.00 bits per heavy atom. The van der Waals surface area contributed by atoms with Crippen LogP contribution in [0, 0.1) is 6.92 Å². The van der Waals surface area contributed by atoms with Crippen LogP contribution >= 0.6 is 0 Å². The van der Waals surface area contributed by atoms with Gasteiger partial charge in [-0.3, -0.25) is 0 Å². The molecule has 1 aromatic rings. The molecule has 0 fully saturated rings. The number of likely N-dealkylation sites (N-methyl/N-ethyl adjacent to an activating group) is 2. The van der Waals surface area contributed by atoms with Crippen LogP contribution in [0.25, 0.3) is 0 Å². The number of para-hydroxylation sites is 1. The summed E-state index contributed by atoms with van der Waals surface area (Å²) in [4.78, 5) is 2.44. The van der Waals surface area contributed by atoms with Crippen LogP contribution in [0.4, 0.5) is 5.69 Å². The lowest BCUT2D eigenvalue weighted by Gasteiger charge is -2.31. The molecule has 0 radical (unpaired) electrons. The van der Waals surface area contributed by atoms with Gasteiger partial charge in [0.15, 0.2) is 0 Å². The third-order valence-corrected chi connectivity index (χ3v) is 2.80. The zero-order valence-corrected chi connectivity index (χ0v) is 10.2.